The van der Waals surface area contributed by atoms with Gasteiger partial charge in [-0.25, -0.2) is 4.68 Å². The van der Waals surface area contributed by atoms with Crippen molar-refractivity contribution in [3.63, 3.8) is 0 Å². The highest BCUT2D eigenvalue weighted by Crippen LogP contribution is 2.27. The summed E-state index contributed by atoms with van der Waals surface area (Å²) >= 11 is 0. The van der Waals surface area contributed by atoms with Crippen molar-refractivity contribution in [2.45, 2.75) is 39.2 Å². The average Bonchev–Trinajstić information content (AvgIpc) is 2.65. The lowest BCUT2D eigenvalue weighted by Crippen LogP contribution is -2.38. The molecule has 1 fully saturated rings. The summed E-state index contributed by atoms with van der Waals surface area (Å²) in [5.74, 6) is 0.497. The van der Waals surface area contributed by atoms with Crippen molar-refractivity contribution in [2.24, 2.45) is 7.05 Å². The van der Waals surface area contributed by atoms with E-state index in [1.807, 2.05) is 0 Å². The number of rotatable bonds is 5. The summed E-state index contributed by atoms with van der Waals surface area (Å²) in [5.41, 5.74) is 0.531. The molecule has 7 heteroatoms. The van der Waals surface area contributed by atoms with Crippen molar-refractivity contribution in [2.75, 3.05) is 25.0 Å². The summed E-state index contributed by atoms with van der Waals surface area (Å²) in [5, 5.41) is 18.5. The molecule has 0 amide bonds. The molecule has 1 aliphatic heterocycles. The molecule has 1 N–H and O–H groups in total. The minimum absolute atomic E-state index is 0.0815. The van der Waals surface area contributed by atoms with Crippen molar-refractivity contribution in [1.29, 1.82) is 0 Å². The standard InChI is InChI=1S/C13H23N5O2/c1-10(9-17-7-5-4-6-8-17)14-13-12(18(19)20)11(2)15-16(13)3/h10,14H,4-9H2,1-3H3. The maximum atomic E-state index is 11.1. The van der Waals surface area contributed by atoms with Crippen LogP contribution in [0, 0.1) is 17.0 Å². The highest BCUT2D eigenvalue weighted by molar-refractivity contribution is 5.59. The molecule has 1 atom stereocenters. The average molecular weight is 281 g/mol. The monoisotopic (exact) mass is 281 g/mol. The molecule has 1 unspecified atom stereocenters. The predicted molar refractivity (Wildman–Crippen MR) is 78.0 cm³/mol. The van der Waals surface area contributed by atoms with Gasteiger partial charge in [0.25, 0.3) is 0 Å². The van der Waals surface area contributed by atoms with Gasteiger partial charge in [-0.15, -0.1) is 0 Å². The van der Waals surface area contributed by atoms with Crippen LogP contribution in [-0.2, 0) is 7.05 Å². The number of nitrogens with one attached hydrogen (secondary N) is 1. The van der Waals surface area contributed by atoms with Gasteiger partial charge in [0.15, 0.2) is 0 Å². The van der Waals surface area contributed by atoms with Crippen LogP contribution >= 0.6 is 0 Å². The summed E-state index contributed by atoms with van der Waals surface area (Å²) in [7, 11) is 1.73. The molecule has 2 rings (SSSR count). The van der Waals surface area contributed by atoms with E-state index in [0.717, 1.165) is 19.6 Å². The third kappa shape index (κ3) is 3.27. The zero-order chi connectivity index (χ0) is 14.7. The van der Waals surface area contributed by atoms with Gasteiger partial charge in [-0.1, -0.05) is 6.42 Å². The van der Waals surface area contributed by atoms with Gasteiger partial charge in [0.05, 0.1) is 4.92 Å². The van der Waals surface area contributed by atoms with Crippen molar-refractivity contribution in [1.82, 2.24) is 14.7 Å². The van der Waals surface area contributed by atoms with Gasteiger partial charge in [-0.05, 0) is 39.8 Å². The minimum Gasteiger partial charge on any atom is -0.361 e. The first kappa shape index (κ1) is 14.8. The van der Waals surface area contributed by atoms with Gasteiger partial charge < -0.3 is 10.2 Å². The van der Waals surface area contributed by atoms with Crippen LogP contribution in [0.15, 0.2) is 0 Å². The van der Waals surface area contributed by atoms with Crippen molar-refractivity contribution in [3.8, 4) is 0 Å². The Morgan fingerprint density at radius 1 is 1.40 bits per heavy atom. The number of hydrogen-bond donors (Lipinski definition) is 1. The Hall–Kier alpha value is -1.63. The van der Waals surface area contributed by atoms with Gasteiger partial charge in [0, 0.05) is 19.6 Å². The maximum absolute atomic E-state index is 11.1. The number of hydrogen-bond acceptors (Lipinski definition) is 5. The maximum Gasteiger partial charge on any atom is 0.333 e. The van der Waals surface area contributed by atoms with E-state index in [4.69, 9.17) is 0 Å². The largest absolute Gasteiger partial charge is 0.361 e. The molecule has 20 heavy (non-hydrogen) atoms. The van der Waals surface area contributed by atoms with E-state index in [-0.39, 0.29) is 16.7 Å². The molecule has 1 aliphatic rings. The van der Waals surface area contributed by atoms with E-state index in [1.54, 1.807) is 18.7 Å². The molecule has 0 spiro atoms. The zero-order valence-corrected chi connectivity index (χ0v) is 12.4. The Balaban J connectivity index is 2.03. The molecular weight excluding hydrogens is 258 g/mol. The number of likely N-dealkylation sites (tertiary alicyclic amines) is 1. The van der Waals surface area contributed by atoms with Crippen molar-refractivity contribution >= 4 is 11.5 Å². The number of nitro groups is 1. The van der Waals surface area contributed by atoms with Gasteiger partial charge in [0.2, 0.25) is 5.82 Å². The van der Waals surface area contributed by atoms with E-state index in [0.29, 0.717) is 11.5 Å². The third-order valence-electron chi connectivity index (χ3n) is 3.74. The van der Waals surface area contributed by atoms with Crippen LogP contribution in [0.3, 0.4) is 0 Å². The fourth-order valence-corrected chi connectivity index (χ4v) is 2.84. The molecule has 0 radical (unpaired) electrons. The Morgan fingerprint density at radius 3 is 2.65 bits per heavy atom. The number of aromatic nitrogens is 2. The van der Waals surface area contributed by atoms with E-state index in [9.17, 15) is 10.1 Å². The normalized spacial score (nSPS) is 17.9. The van der Waals surface area contributed by atoms with E-state index in [1.165, 1.54) is 19.3 Å². The van der Waals surface area contributed by atoms with Crippen LogP contribution in [-0.4, -0.2) is 45.3 Å². The lowest BCUT2D eigenvalue weighted by molar-refractivity contribution is -0.384. The SMILES string of the molecule is Cc1nn(C)c(NC(C)CN2CCCCC2)c1[N+](=O)[O-]. The topological polar surface area (TPSA) is 76.2 Å². The number of aryl methyl sites for hydroxylation is 2. The zero-order valence-electron chi connectivity index (χ0n) is 12.4. The first-order valence-corrected chi connectivity index (χ1v) is 7.16. The van der Waals surface area contributed by atoms with E-state index in [2.05, 4.69) is 22.2 Å². The van der Waals surface area contributed by atoms with Crippen molar-refractivity contribution < 1.29 is 4.92 Å². The Labute approximate surface area is 119 Å². The van der Waals surface area contributed by atoms with Crippen LogP contribution < -0.4 is 5.32 Å². The second-order valence-electron chi connectivity index (χ2n) is 5.57. The summed E-state index contributed by atoms with van der Waals surface area (Å²) in [6.45, 7) is 6.87. The van der Waals surface area contributed by atoms with Crippen LogP contribution in [0.5, 0.6) is 0 Å². The molecular formula is C13H23N5O2. The van der Waals surface area contributed by atoms with E-state index >= 15 is 0 Å². The van der Waals surface area contributed by atoms with Crippen molar-refractivity contribution in [3.05, 3.63) is 15.8 Å². The summed E-state index contributed by atoms with van der Waals surface area (Å²) in [6, 6.07) is 0.154. The van der Waals surface area contributed by atoms with Gasteiger partial charge in [-0.2, -0.15) is 5.10 Å². The minimum atomic E-state index is -0.363. The molecule has 2 heterocycles. The predicted octanol–water partition coefficient (Wildman–Crippen LogP) is 1.92. The number of nitrogens with zero attached hydrogens (tertiary/aromatic N) is 4. The molecule has 0 aromatic carbocycles. The Morgan fingerprint density at radius 2 is 2.05 bits per heavy atom. The van der Waals surface area contributed by atoms with E-state index < -0.39 is 0 Å². The van der Waals surface area contributed by atoms with Gasteiger partial charge in [0.1, 0.15) is 5.69 Å². The summed E-state index contributed by atoms with van der Waals surface area (Å²) < 4.78 is 1.56. The van der Waals surface area contributed by atoms with Gasteiger partial charge >= 0.3 is 5.69 Å². The molecule has 1 aromatic heterocycles. The fraction of sp³-hybridized carbons (Fsp3) is 0.769. The van der Waals surface area contributed by atoms with Crippen LogP contribution in [0.4, 0.5) is 11.5 Å². The molecule has 112 valence electrons. The molecule has 1 aromatic rings. The quantitative estimate of drug-likeness (QED) is 0.659. The van der Waals surface area contributed by atoms with Crippen LogP contribution in [0.25, 0.3) is 0 Å². The Bertz CT molecular complexity index is 479. The molecule has 0 aliphatic carbocycles. The third-order valence-corrected chi connectivity index (χ3v) is 3.74. The lowest BCUT2D eigenvalue weighted by Gasteiger charge is -2.29. The molecule has 7 nitrogen and oxygen atoms in total. The first-order chi connectivity index (χ1) is 9.49. The molecule has 0 bridgehead atoms. The van der Waals surface area contributed by atoms with Crippen LogP contribution in [0.1, 0.15) is 31.9 Å². The highest BCUT2D eigenvalue weighted by Gasteiger charge is 2.25. The lowest BCUT2D eigenvalue weighted by atomic mass is 10.1. The second kappa shape index (κ2) is 6.21. The summed E-state index contributed by atoms with van der Waals surface area (Å²) in [4.78, 5) is 13.2. The molecule has 1 saturated heterocycles. The van der Waals surface area contributed by atoms with Gasteiger partial charge in [-0.3, -0.25) is 10.1 Å². The van der Waals surface area contributed by atoms with Crippen LogP contribution in [0.2, 0.25) is 0 Å². The molecule has 0 saturated carbocycles. The number of piperidine rings is 1. The highest BCUT2D eigenvalue weighted by atomic mass is 16.6. The second-order valence-corrected chi connectivity index (χ2v) is 5.57. The fourth-order valence-electron chi connectivity index (χ4n) is 2.84. The Kier molecular flexibility index (Phi) is 4.59. The smallest absolute Gasteiger partial charge is 0.333 e. The number of anilines is 1. The summed E-state index contributed by atoms with van der Waals surface area (Å²) in [6.07, 6.45) is 3.81. The first-order valence-electron chi connectivity index (χ1n) is 7.16.